The number of benzene rings is 1. The second-order valence-electron chi connectivity index (χ2n) is 4.18. The van der Waals surface area contributed by atoms with Crippen LogP contribution in [-0.4, -0.2) is 32.7 Å². The molecule has 19 heavy (non-hydrogen) atoms. The minimum Gasteiger partial charge on any atom is -0.375 e. The van der Waals surface area contributed by atoms with Crippen molar-refractivity contribution >= 4 is 11.6 Å². The molecule has 0 spiro atoms. The molecule has 6 heteroatoms. The van der Waals surface area contributed by atoms with Gasteiger partial charge in [0.25, 0.3) is 6.43 Å². The first-order chi connectivity index (χ1) is 9.02. The molecule has 1 N–H and O–H groups in total. The van der Waals surface area contributed by atoms with Crippen LogP contribution in [0.2, 0.25) is 5.02 Å². The summed E-state index contributed by atoms with van der Waals surface area (Å²) in [4.78, 5) is 0. The van der Waals surface area contributed by atoms with Gasteiger partial charge in [-0.05, 0) is 43.7 Å². The Morgan fingerprint density at radius 1 is 1.37 bits per heavy atom. The molecule has 0 saturated heterocycles. The molecule has 1 unspecified atom stereocenters. The lowest BCUT2D eigenvalue weighted by Gasteiger charge is -2.16. The van der Waals surface area contributed by atoms with E-state index in [9.17, 15) is 13.2 Å². The topological polar surface area (TPSA) is 21.3 Å². The molecule has 0 fully saturated rings. The fourth-order valence-electron chi connectivity index (χ4n) is 1.71. The van der Waals surface area contributed by atoms with E-state index in [4.69, 9.17) is 16.3 Å². The molecule has 0 saturated carbocycles. The van der Waals surface area contributed by atoms with Gasteiger partial charge in [-0.15, -0.1) is 0 Å². The summed E-state index contributed by atoms with van der Waals surface area (Å²) in [7, 11) is 1.74. The molecule has 0 aliphatic heterocycles. The Labute approximate surface area is 115 Å². The lowest BCUT2D eigenvalue weighted by Crippen LogP contribution is -2.29. The van der Waals surface area contributed by atoms with Crippen LogP contribution in [0, 0.1) is 5.82 Å². The average Bonchev–Trinajstić information content (AvgIpc) is 2.37. The third-order valence-electron chi connectivity index (χ3n) is 2.74. The number of likely N-dealkylation sites (N-methyl/N-ethyl adjacent to an activating group) is 1. The highest BCUT2D eigenvalue weighted by Gasteiger charge is 2.12. The smallest absolute Gasteiger partial charge is 0.261 e. The molecule has 0 bridgehead atoms. The summed E-state index contributed by atoms with van der Waals surface area (Å²) < 4.78 is 42.1. The zero-order valence-electron chi connectivity index (χ0n) is 10.6. The summed E-state index contributed by atoms with van der Waals surface area (Å²) in [6.07, 6.45) is -1.51. The van der Waals surface area contributed by atoms with E-state index in [2.05, 4.69) is 5.32 Å². The fraction of sp³-hybridized carbons (Fsp3) is 0.538. The van der Waals surface area contributed by atoms with E-state index in [0.717, 1.165) is 0 Å². The van der Waals surface area contributed by atoms with Crippen molar-refractivity contribution in [3.05, 3.63) is 34.6 Å². The SMILES string of the molecule is CNC(CCOCC(F)F)Cc1cc(Cl)ccc1F. The van der Waals surface area contributed by atoms with Crippen LogP contribution < -0.4 is 5.32 Å². The largest absolute Gasteiger partial charge is 0.375 e. The summed E-state index contributed by atoms with van der Waals surface area (Å²) in [5.74, 6) is -0.321. The molecule has 0 heterocycles. The van der Waals surface area contributed by atoms with E-state index >= 15 is 0 Å². The van der Waals surface area contributed by atoms with Gasteiger partial charge in [0.05, 0.1) is 0 Å². The molecule has 0 aliphatic carbocycles. The van der Waals surface area contributed by atoms with E-state index in [-0.39, 0.29) is 18.5 Å². The van der Waals surface area contributed by atoms with Crippen LogP contribution in [0.15, 0.2) is 18.2 Å². The second-order valence-corrected chi connectivity index (χ2v) is 4.62. The molecule has 0 aliphatic rings. The Bertz CT molecular complexity index is 390. The maximum atomic E-state index is 13.5. The lowest BCUT2D eigenvalue weighted by molar-refractivity contribution is 0.0146. The highest BCUT2D eigenvalue weighted by atomic mass is 35.5. The van der Waals surface area contributed by atoms with Crippen molar-refractivity contribution in [1.29, 1.82) is 0 Å². The monoisotopic (exact) mass is 295 g/mol. The van der Waals surface area contributed by atoms with E-state index in [1.54, 1.807) is 13.1 Å². The number of ether oxygens (including phenoxy) is 1. The first kappa shape index (κ1) is 16.3. The van der Waals surface area contributed by atoms with Gasteiger partial charge in [0.2, 0.25) is 0 Å². The minimum absolute atomic E-state index is 0.0503. The third-order valence-corrected chi connectivity index (χ3v) is 2.97. The Hall–Kier alpha value is -0.780. The van der Waals surface area contributed by atoms with Gasteiger partial charge >= 0.3 is 0 Å². The number of halogens is 4. The van der Waals surface area contributed by atoms with Crippen molar-refractivity contribution in [2.24, 2.45) is 0 Å². The average molecular weight is 296 g/mol. The highest BCUT2D eigenvalue weighted by molar-refractivity contribution is 6.30. The number of hydrogen-bond acceptors (Lipinski definition) is 2. The highest BCUT2D eigenvalue weighted by Crippen LogP contribution is 2.17. The number of nitrogens with one attached hydrogen (secondary N) is 1. The molecule has 108 valence electrons. The number of rotatable bonds is 8. The van der Waals surface area contributed by atoms with Crippen molar-refractivity contribution in [1.82, 2.24) is 5.32 Å². The van der Waals surface area contributed by atoms with Crippen molar-refractivity contribution in [3.63, 3.8) is 0 Å². The minimum atomic E-state index is -2.46. The normalized spacial score (nSPS) is 12.9. The van der Waals surface area contributed by atoms with E-state index in [1.807, 2.05) is 0 Å². The molecule has 1 rings (SSSR count). The maximum Gasteiger partial charge on any atom is 0.261 e. The van der Waals surface area contributed by atoms with E-state index in [1.165, 1.54) is 12.1 Å². The molecule has 0 radical (unpaired) electrons. The third kappa shape index (κ3) is 6.27. The zero-order chi connectivity index (χ0) is 14.3. The van der Waals surface area contributed by atoms with E-state index < -0.39 is 13.0 Å². The van der Waals surface area contributed by atoms with Crippen LogP contribution >= 0.6 is 11.6 Å². The standard InChI is InChI=1S/C13H17ClF3NO/c1-18-11(4-5-19-8-13(16)17)7-9-6-10(14)2-3-12(9)15/h2-3,6,11,13,18H,4-5,7-8H2,1H3. The Kier molecular flexibility index (Phi) is 7.20. The molecular weight excluding hydrogens is 279 g/mol. The van der Waals surface area contributed by atoms with Crippen LogP contribution in [0.3, 0.4) is 0 Å². The summed E-state index contributed by atoms with van der Waals surface area (Å²) in [5.41, 5.74) is 0.501. The van der Waals surface area contributed by atoms with Gasteiger partial charge in [-0.25, -0.2) is 13.2 Å². The first-order valence-corrected chi connectivity index (χ1v) is 6.37. The fourth-order valence-corrected chi connectivity index (χ4v) is 1.91. The predicted molar refractivity (Wildman–Crippen MR) is 69.4 cm³/mol. The molecule has 0 amide bonds. The van der Waals surface area contributed by atoms with Gasteiger partial charge < -0.3 is 10.1 Å². The summed E-state index contributed by atoms with van der Waals surface area (Å²) >= 11 is 5.81. The van der Waals surface area contributed by atoms with Gasteiger partial charge in [-0.2, -0.15) is 0 Å². The van der Waals surface area contributed by atoms with Crippen molar-refractivity contribution in [3.8, 4) is 0 Å². The van der Waals surface area contributed by atoms with Crippen LogP contribution in [0.4, 0.5) is 13.2 Å². The van der Waals surface area contributed by atoms with Crippen molar-refractivity contribution in [2.45, 2.75) is 25.3 Å². The Morgan fingerprint density at radius 2 is 2.11 bits per heavy atom. The summed E-state index contributed by atoms with van der Waals surface area (Å²) in [5, 5.41) is 3.48. The molecule has 2 nitrogen and oxygen atoms in total. The quantitative estimate of drug-likeness (QED) is 0.743. The van der Waals surface area contributed by atoms with Gasteiger partial charge in [0.15, 0.2) is 0 Å². The zero-order valence-corrected chi connectivity index (χ0v) is 11.4. The van der Waals surface area contributed by atoms with Crippen LogP contribution in [-0.2, 0) is 11.2 Å². The molecule has 1 atom stereocenters. The summed E-state index contributed by atoms with van der Waals surface area (Å²) in [6, 6.07) is 4.32. The van der Waals surface area contributed by atoms with Crippen LogP contribution in [0.5, 0.6) is 0 Å². The molecule has 1 aromatic rings. The van der Waals surface area contributed by atoms with Gasteiger partial charge in [0, 0.05) is 17.7 Å². The Balaban J connectivity index is 2.45. The van der Waals surface area contributed by atoms with Crippen LogP contribution in [0.1, 0.15) is 12.0 Å². The lowest BCUT2D eigenvalue weighted by atomic mass is 10.0. The predicted octanol–water partition coefficient (Wildman–Crippen LogP) is 3.28. The second kappa shape index (κ2) is 8.40. The molecule has 0 aromatic heterocycles. The van der Waals surface area contributed by atoms with Gasteiger partial charge in [-0.3, -0.25) is 0 Å². The molecule has 1 aromatic carbocycles. The van der Waals surface area contributed by atoms with Gasteiger partial charge in [-0.1, -0.05) is 11.6 Å². The van der Waals surface area contributed by atoms with Crippen molar-refractivity contribution < 1.29 is 17.9 Å². The molecular formula is C13H17ClF3NO. The number of hydrogen-bond donors (Lipinski definition) is 1. The van der Waals surface area contributed by atoms with Crippen LogP contribution in [0.25, 0.3) is 0 Å². The van der Waals surface area contributed by atoms with Crippen molar-refractivity contribution in [2.75, 3.05) is 20.3 Å². The maximum absolute atomic E-state index is 13.5. The Morgan fingerprint density at radius 3 is 2.74 bits per heavy atom. The number of alkyl halides is 2. The van der Waals surface area contributed by atoms with E-state index in [0.29, 0.717) is 23.4 Å². The summed E-state index contributed by atoms with van der Waals surface area (Å²) in [6.45, 7) is -0.361. The first-order valence-electron chi connectivity index (χ1n) is 6.00. The van der Waals surface area contributed by atoms with Gasteiger partial charge in [0.1, 0.15) is 12.4 Å².